The highest BCUT2D eigenvalue weighted by Gasteiger charge is 2.24. The summed E-state index contributed by atoms with van der Waals surface area (Å²) in [7, 11) is 0. The maximum Gasteiger partial charge on any atom is 0.263 e. The largest absolute Gasteiger partial charge is 0.368 e. The molecule has 1 fully saturated rings. The molecule has 1 saturated heterocycles. The van der Waals surface area contributed by atoms with E-state index in [1.807, 2.05) is 24.3 Å². The van der Waals surface area contributed by atoms with Crippen LogP contribution < -0.4 is 10.5 Å². The standard InChI is InChI=1S/C16H17ClN4O2/c1-11-18-10-14(15(22)19-11)16(23)21-7-5-20(6-8-21)13-4-2-3-12(17)9-13/h2-4,9-10H,5-8H2,1H3,(H,18,19,22). The van der Waals surface area contributed by atoms with Crippen molar-refractivity contribution >= 4 is 23.2 Å². The van der Waals surface area contributed by atoms with Crippen molar-refractivity contribution in [2.45, 2.75) is 6.92 Å². The molecule has 1 aliphatic rings. The van der Waals surface area contributed by atoms with Crippen molar-refractivity contribution in [3.8, 4) is 0 Å². The highest BCUT2D eigenvalue weighted by atomic mass is 35.5. The lowest BCUT2D eigenvalue weighted by Crippen LogP contribution is -2.49. The van der Waals surface area contributed by atoms with Gasteiger partial charge < -0.3 is 14.8 Å². The number of anilines is 1. The smallest absolute Gasteiger partial charge is 0.263 e. The summed E-state index contributed by atoms with van der Waals surface area (Å²) in [5, 5.41) is 0.693. The lowest BCUT2D eigenvalue weighted by molar-refractivity contribution is 0.0744. The minimum atomic E-state index is -0.389. The van der Waals surface area contributed by atoms with Gasteiger partial charge in [0.1, 0.15) is 11.4 Å². The number of carbonyl (C=O) groups is 1. The van der Waals surface area contributed by atoms with E-state index in [2.05, 4.69) is 14.9 Å². The number of H-pyrrole nitrogens is 1. The van der Waals surface area contributed by atoms with E-state index in [-0.39, 0.29) is 17.0 Å². The van der Waals surface area contributed by atoms with Crippen LogP contribution in [0.25, 0.3) is 0 Å². The number of hydrogen-bond acceptors (Lipinski definition) is 4. The van der Waals surface area contributed by atoms with Gasteiger partial charge in [0.2, 0.25) is 0 Å². The number of aromatic amines is 1. The van der Waals surface area contributed by atoms with Crippen LogP contribution in [-0.2, 0) is 0 Å². The number of aryl methyl sites for hydroxylation is 1. The number of carbonyl (C=O) groups excluding carboxylic acids is 1. The van der Waals surface area contributed by atoms with Crippen LogP contribution in [-0.4, -0.2) is 47.0 Å². The van der Waals surface area contributed by atoms with Crippen LogP contribution in [0, 0.1) is 6.92 Å². The van der Waals surface area contributed by atoms with Crippen molar-refractivity contribution in [1.29, 1.82) is 0 Å². The third-order valence-electron chi connectivity index (χ3n) is 3.90. The van der Waals surface area contributed by atoms with Crippen molar-refractivity contribution < 1.29 is 4.79 Å². The molecule has 1 aliphatic heterocycles. The molecule has 120 valence electrons. The van der Waals surface area contributed by atoms with E-state index in [1.54, 1.807) is 11.8 Å². The van der Waals surface area contributed by atoms with Crippen LogP contribution in [0.4, 0.5) is 5.69 Å². The number of benzene rings is 1. The Labute approximate surface area is 138 Å². The Kier molecular flexibility index (Phi) is 4.34. The van der Waals surface area contributed by atoms with Crippen molar-refractivity contribution in [2.24, 2.45) is 0 Å². The summed E-state index contributed by atoms with van der Waals surface area (Å²) in [6, 6.07) is 7.65. The van der Waals surface area contributed by atoms with Gasteiger partial charge in [-0.1, -0.05) is 17.7 Å². The van der Waals surface area contributed by atoms with E-state index in [0.717, 1.165) is 5.69 Å². The second-order valence-corrected chi connectivity index (χ2v) is 5.91. The number of rotatable bonds is 2. The first kappa shape index (κ1) is 15.6. The van der Waals surface area contributed by atoms with Crippen LogP contribution in [0.3, 0.4) is 0 Å². The fourth-order valence-corrected chi connectivity index (χ4v) is 2.83. The van der Waals surface area contributed by atoms with Gasteiger partial charge in [-0.05, 0) is 25.1 Å². The Balaban J connectivity index is 1.69. The fourth-order valence-electron chi connectivity index (χ4n) is 2.65. The lowest BCUT2D eigenvalue weighted by Gasteiger charge is -2.36. The molecule has 3 rings (SSSR count). The summed E-state index contributed by atoms with van der Waals surface area (Å²) in [5.74, 6) is 0.224. The topological polar surface area (TPSA) is 69.3 Å². The van der Waals surface area contributed by atoms with Crippen molar-refractivity contribution in [1.82, 2.24) is 14.9 Å². The van der Waals surface area contributed by atoms with Crippen molar-refractivity contribution in [3.63, 3.8) is 0 Å². The SMILES string of the molecule is Cc1ncc(C(=O)N2CCN(c3cccc(Cl)c3)CC2)c(=O)[nH]1. The number of hydrogen-bond donors (Lipinski definition) is 1. The van der Waals surface area contributed by atoms with Gasteiger partial charge >= 0.3 is 0 Å². The molecule has 1 N–H and O–H groups in total. The highest BCUT2D eigenvalue weighted by Crippen LogP contribution is 2.21. The molecule has 1 amide bonds. The van der Waals surface area contributed by atoms with Gasteiger partial charge in [0, 0.05) is 43.1 Å². The second-order valence-electron chi connectivity index (χ2n) is 5.47. The molecule has 0 saturated carbocycles. The molecule has 2 heterocycles. The minimum absolute atomic E-state index is 0.0896. The molecule has 0 atom stereocenters. The Bertz CT molecular complexity index is 782. The Hall–Kier alpha value is -2.34. The third kappa shape index (κ3) is 3.37. The van der Waals surface area contributed by atoms with Gasteiger partial charge in [-0.3, -0.25) is 9.59 Å². The molecular formula is C16H17ClN4O2. The van der Waals surface area contributed by atoms with Crippen LogP contribution in [0.1, 0.15) is 16.2 Å². The zero-order valence-corrected chi connectivity index (χ0v) is 13.5. The Morgan fingerprint density at radius 2 is 2.00 bits per heavy atom. The molecule has 0 spiro atoms. The zero-order chi connectivity index (χ0) is 16.4. The predicted octanol–water partition coefficient (Wildman–Crippen LogP) is 1.69. The summed E-state index contributed by atoms with van der Waals surface area (Å²) in [4.78, 5) is 34.8. The van der Waals surface area contributed by atoms with E-state index in [4.69, 9.17) is 11.6 Å². The second kappa shape index (κ2) is 6.42. The maximum atomic E-state index is 12.5. The molecule has 1 aromatic carbocycles. The van der Waals surface area contributed by atoms with Crippen molar-refractivity contribution in [2.75, 3.05) is 31.1 Å². The maximum absolute atomic E-state index is 12.5. The molecule has 1 aromatic heterocycles. The van der Waals surface area contributed by atoms with Gasteiger partial charge in [-0.15, -0.1) is 0 Å². The number of halogens is 1. The third-order valence-corrected chi connectivity index (χ3v) is 4.13. The molecule has 23 heavy (non-hydrogen) atoms. The number of aromatic nitrogens is 2. The van der Waals surface area contributed by atoms with Crippen LogP contribution in [0.15, 0.2) is 35.3 Å². The number of piperazine rings is 1. The minimum Gasteiger partial charge on any atom is -0.368 e. The molecule has 7 heteroatoms. The van der Waals surface area contributed by atoms with E-state index < -0.39 is 0 Å². The summed E-state index contributed by atoms with van der Waals surface area (Å²) in [6.45, 7) is 4.18. The molecule has 0 bridgehead atoms. The van der Waals surface area contributed by atoms with Gasteiger partial charge in [-0.25, -0.2) is 4.98 Å². The molecule has 2 aromatic rings. The van der Waals surface area contributed by atoms with E-state index in [1.165, 1.54) is 6.20 Å². The number of nitrogens with zero attached hydrogens (tertiary/aromatic N) is 3. The first-order chi connectivity index (χ1) is 11.0. The van der Waals surface area contributed by atoms with Gasteiger partial charge in [-0.2, -0.15) is 0 Å². The van der Waals surface area contributed by atoms with Crippen LogP contribution in [0.5, 0.6) is 0 Å². The summed E-state index contributed by atoms with van der Waals surface area (Å²) in [6.07, 6.45) is 1.35. The van der Waals surface area contributed by atoms with E-state index >= 15 is 0 Å². The summed E-state index contributed by atoms with van der Waals surface area (Å²) < 4.78 is 0. The number of nitrogens with one attached hydrogen (secondary N) is 1. The lowest BCUT2D eigenvalue weighted by atomic mass is 10.2. The highest BCUT2D eigenvalue weighted by molar-refractivity contribution is 6.30. The molecule has 0 radical (unpaired) electrons. The normalized spacial score (nSPS) is 14.9. The summed E-state index contributed by atoms with van der Waals surface area (Å²) >= 11 is 6.02. The fraction of sp³-hybridized carbons (Fsp3) is 0.312. The number of amides is 1. The van der Waals surface area contributed by atoms with Gasteiger partial charge in [0.05, 0.1) is 0 Å². The Morgan fingerprint density at radius 1 is 1.26 bits per heavy atom. The van der Waals surface area contributed by atoms with Crippen LogP contribution in [0.2, 0.25) is 5.02 Å². The molecule has 0 unspecified atom stereocenters. The average Bonchev–Trinajstić information content (AvgIpc) is 2.54. The molecule has 0 aliphatic carbocycles. The Morgan fingerprint density at radius 3 is 2.65 bits per heavy atom. The zero-order valence-electron chi connectivity index (χ0n) is 12.8. The predicted molar refractivity (Wildman–Crippen MR) is 89.2 cm³/mol. The quantitative estimate of drug-likeness (QED) is 0.908. The van der Waals surface area contributed by atoms with Gasteiger partial charge in [0.15, 0.2) is 0 Å². The average molecular weight is 333 g/mol. The first-order valence-electron chi connectivity index (χ1n) is 7.40. The first-order valence-corrected chi connectivity index (χ1v) is 7.78. The summed E-state index contributed by atoms with van der Waals surface area (Å²) in [5.41, 5.74) is 0.742. The van der Waals surface area contributed by atoms with Crippen LogP contribution >= 0.6 is 11.6 Å². The molecule has 6 nitrogen and oxygen atoms in total. The van der Waals surface area contributed by atoms with Crippen molar-refractivity contribution in [3.05, 3.63) is 57.2 Å². The van der Waals surface area contributed by atoms with E-state index in [9.17, 15) is 9.59 Å². The monoisotopic (exact) mass is 332 g/mol. The van der Waals surface area contributed by atoms with E-state index in [0.29, 0.717) is 37.0 Å². The molecular weight excluding hydrogens is 316 g/mol. The van der Waals surface area contributed by atoms with Gasteiger partial charge in [0.25, 0.3) is 11.5 Å².